The van der Waals surface area contributed by atoms with Gasteiger partial charge in [-0.05, 0) is 30.5 Å². The van der Waals surface area contributed by atoms with E-state index in [9.17, 15) is 4.79 Å². The first kappa shape index (κ1) is 22.7. The molecule has 0 spiro atoms. The van der Waals surface area contributed by atoms with Gasteiger partial charge in [0.15, 0.2) is 11.0 Å². The Morgan fingerprint density at radius 2 is 1.79 bits per heavy atom. The Morgan fingerprint density at radius 1 is 1.03 bits per heavy atom. The van der Waals surface area contributed by atoms with E-state index in [1.165, 1.54) is 31.0 Å². The molecule has 1 fully saturated rings. The van der Waals surface area contributed by atoms with Crippen molar-refractivity contribution in [1.82, 2.24) is 19.8 Å². The van der Waals surface area contributed by atoms with Crippen LogP contribution in [0.5, 0.6) is 5.75 Å². The molecule has 0 radical (unpaired) electrons. The highest BCUT2D eigenvalue weighted by molar-refractivity contribution is 7.99. The number of ether oxygens (including phenoxy) is 1. The Morgan fingerprint density at radius 3 is 2.59 bits per heavy atom. The average molecular weight is 476 g/mol. The summed E-state index contributed by atoms with van der Waals surface area (Å²) in [6.45, 7) is 0.616. The van der Waals surface area contributed by atoms with Crippen LogP contribution in [0.25, 0.3) is 11.4 Å². The van der Waals surface area contributed by atoms with Crippen molar-refractivity contribution in [3.8, 4) is 17.1 Å². The normalized spacial score (nSPS) is 16.5. The van der Waals surface area contributed by atoms with Crippen LogP contribution in [0.1, 0.15) is 50.1 Å². The van der Waals surface area contributed by atoms with Gasteiger partial charge in [0.2, 0.25) is 0 Å². The Hall–Kier alpha value is -3.13. The van der Waals surface area contributed by atoms with Gasteiger partial charge < -0.3 is 4.74 Å². The highest BCUT2D eigenvalue weighted by Crippen LogP contribution is 2.38. The molecule has 8 heteroatoms. The maximum Gasteiger partial charge on any atom is 0.253 e. The van der Waals surface area contributed by atoms with Gasteiger partial charge in [0.05, 0.1) is 30.7 Å². The maximum atomic E-state index is 13.0. The smallest absolute Gasteiger partial charge is 0.253 e. The fourth-order valence-electron chi connectivity index (χ4n) is 4.73. The largest absolute Gasteiger partial charge is 0.496 e. The number of para-hydroxylation sites is 1. The summed E-state index contributed by atoms with van der Waals surface area (Å²) in [5, 5.41) is 16.0. The van der Waals surface area contributed by atoms with Crippen LogP contribution >= 0.6 is 11.8 Å². The zero-order valence-electron chi connectivity index (χ0n) is 19.4. The van der Waals surface area contributed by atoms with E-state index >= 15 is 0 Å². The van der Waals surface area contributed by atoms with E-state index in [0.29, 0.717) is 12.6 Å². The lowest BCUT2D eigenvalue weighted by molar-refractivity contribution is -0.127. The molecule has 2 heterocycles. The van der Waals surface area contributed by atoms with E-state index in [4.69, 9.17) is 4.74 Å². The quantitative estimate of drug-likeness (QED) is 0.440. The Kier molecular flexibility index (Phi) is 6.94. The summed E-state index contributed by atoms with van der Waals surface area (Å²) < 4.78 is 7.83. The van der Waals surface area contributed by atoms with Gasteiger partial charge in [0.1, 0.15) is 5.75 Å². The van der Waals surface area contributed by atoms with Crippen molar-refractivity contribution in [2.24, 2.45) is 5.10 Å². The number of amides is 1. The van der Waals surface area contributed by atoms with Crippen molar-refractivity contribution in [1.29, 1.82) is 0 Å². The van der Waals surface area contributed by atoms with Crippen molar-refractivity contribution in [3.05, 3.63) is 60.2 Å². The highest BCUT2D eigenvalue weighted by atomic mass is 32.2. The van der Waals surface area contributed by atoms with E-state index in [0.717, 1.165) is 52.8 Å². The highest BCUT2D eigenvalue weighted by Gasteiger charge is 2.27. The van der Waals surface area contributed by atoms with Crippen molar-refractivity contribution < 1.29 is 9.53 Å². The van der Waals surface area contributed by atoms with Crippen LogP contribution in [0, 0.1) is 0 Å². The average Bonchev–Trinajstić information content (AvgIpc) is 3.56. The van der Waals surface area contributed by atoms with E-state index in [-0.39, 0.29) is 11.7 Å². The minimum Gasteiger partial charge on any atom is -0.496 e. The molecule has 1 aliphatic carbocycles. The third-order valence-electron chi connectivity index (χ3n) is 6.47. The van der Waals surface area contributed by atoms with Crippen LogP contribution in [0.2, 0.25) is 0 Å². The second-order valence-corrected chi connectivity index (χ2v) is 9.58. The first-order valence-electron chi connectivity index (χ1n) is 11.9. The molecule has 0 unspecified atom stereocenters. The molecule has 0 bridgehead atoms. The van der Waals surface area contributed by atoms with Crippen molar-refractivity contribution >= 4 is 23.4 Å². The number of hydrazone groups is 1. The number of rotatable bonds is 7. The summed E-state index contributed by atoms with van der Waals surface area (Å²) in [7, 11) is 1.68. The molecule has 34 heavy (non-hydrogen) atoms. The lowest BCUT2D eigenvalue weighted by Crippen LogP contribution is -2.25. The molecule has 3 aromatic rings. The van der Waals surface area contributed by atoms with E-state index in [1.54, 1.807) is 12.1 Å². The topological polar surface area (TPSA) is 72.6 Å². The summed E-state index contributed by atoms with van der Waals surface area (Å²) in [6.07, 6.45) is 6.62. The molecule has 1 saturated carbocycles. The number of benzene rings is 2. The molecule has 5 rings (SSSR count). The molecule has 7 nitrogen and oxygen atoms in total. The molecule has 176 valence electrons. The van der Waals surface area contributed by atoms with Crippen molar-refractivity contribution in [3.63, 3.8) is 0 Å². The number of hydrogen-bond donors (Lipinski definition) is 0. The predicted octanol–water partition coefficient (Wildman–Crippen LogP) is 5.19. The number of methoxy groups -OCH3 is 1. The molecule has 1 aliphatic heterocycles. The molecule has 0 N–H and O–H groups in total. The van der Waals surface area contributed by atoms with Crippen molar-refractivity contribution in [2.75, 3.05) is 19.4 Å². The second kappa shape index (κ2) is 10.4. The summed E-state index contributed by atoms with van der Waals surface area (Å²) in [6, 6.07) is 18.3. The first-order valence-corrected chi connectivity index (χ1v) is 12.9. The van der Waals surface area contributed by atoms with Crippen LogP contribution in [0.15, 0.2) is 64.9 Å². The van der Waals surface area contributed by atoms with Gasteiger partial charge in [0.25, 0.3) is 5.91 Å². The fraction of sp³-hybridized carbons (Fsp3) is 0.385. The minimum atomic E-state index is -0.00651. The summed E-state index contributed by atoms with van der Waals surface area (Å²) in [5.74, 6) is 1.86. The number of hydrogen-bond acceptors (Lipinski definition) is 6. The first-order chi connectivity index (χ1) is 16.7. The van der Waals surface area contributed by atoms with Gasteiger partial charge in [-0.25, -0.2) is 5.01 Å². The van der Waals surface area contributed by atoms with Crippen molar-refractivity contribution in [2.45, 2.75) is 49.7 Å². The molecule has 0 atom stereocenters. The van der Waals surface area contributed by atoms with Gasteiger partial charge in [-0.15, -0.1) is 10.2 Å². The maximum absolute atomic E-state index is 13.0. The van der Waals surface area contributed by atoms with Gasteiger partial charge >= 0.3 is 0 Å². The van der Waals surface area contributed by atoms with E-state index < -0.39 is 0 Å². The van der Waals surface area contributed by atoms with Crippen LogP contribution in [0.3, 0.4) is 0 Å². The second-order valence-electron chi connectivity index (χ2n) is 8.64. The van der Waals surface area contributed by atoms with Crippen LogP contribution in [-0.4, -0.2) is 50.8 Å². The van der Waals surface area contributed by atoms with Crippen LogP contribution in [0.4, 0.5) is 0 Å². The Labute approximate surface area is 204 Å². The Balaban J connectivity index is 1.36. The molecule has 1 amide bonds. The molecule has 2 aliphatic rings. The number of carbonyl (C=O) groups excluding carboxylic acids is 1. The monoisotopic (exact) mass is 475 g/mol. The zero-order valence-corrected chi connectivity index (χ0v) is 20.2. The third kappa shape index (κ3) is 4.73. The van der Waals surface area contributed by atoms with E-state index in [2.05, 4.69) is 19.9 Å². The van der Waals surface area contributed by atoms with E-state index in [1.807, 2.05) is 54.6 Å². The van der Waals surface area contributed by atoms with Crippen LogP contribution < -0.4 is 4.74 Å². The SMILES string of the molecule is COc1ccccc1-c1nnc(SCC(=O)N2CCC(c3ccccc3)=N2)n1C1CCCCC1. The predicted molar refractivity (Wildman–Crippen MR) is 134 cm³/mol. The lowest BCUT2D eigenvalue weighted by Gasteiger charge is -2.26. The molecule has 2 aromatic carbocycles. The number of aromatic nitrogens is 3. The molecular formula is C26H29N5O2S. The molecule has 0 saturated heterocycles. The van der Waals surface area contributed by atoms with Crippen LogP contribution in [-0.2, 0) is 4.79 Å². The summed E-state index contributed by atoms with van der Waals surface area (Å²) in [5.41, 5.74) is 2.96. The lowest BCUT2D eigenvalue weighted by atomic mass is 9.95. The molecular weight excluding hydrogens is 446 g/mol. The fourth-order valence-corrected chi connectivity index (χ4v) is 5.60. The summed E-state index contributed by atoms with van der Waals surface area (Å²) in [4.78, 5) is 13.0. The number of carbonyl (C=O) groups is 1. The van der Waals surface area contributed by atoms with Gasteiger partial charge in [-0.3, -0.25) is 9.36 Å². The Bertz CT molecular complexity index is 1170. The van der Waals surface area contributed by atoms with Gasteiger partial charge in [-0.1, -0.05) is 73.5 Å². The molecule has 1 aromatic heterocycles. The standard InChI is InChI=1S/C26H29N5O2S/c1-33-23-15-9-8-14-21(23)25-27-28-26(31(25)20-12-6-3-7-13-20)34-18-24(32)30-17-16-22(29-30)19-10-4-2-5-11-19/h2,4-5,8-11,14-15,20H,3,6-7,12-13,16-18H2,1H3. The summed E-state index contributed by atoms with van der Waals surface area (Å²) >= 11 is 1.45. The third-order valence-corrected chi connectivity index (χ3v) is 7.40. The minimum absolute atomic E-state index is 0.00651. The number of thioether (sulfide) groups is 1. The zero-order chi connectivity index (χ0) is 23.3. The van der Waals surface area contributed by atoms with Gasteiger partial charge in [0, 0.05) is 12.5 Å². The number of nitrogens with zero attached hydrogens (tertiary/aromatic N) is 5. The van der Waals surface area contributed by atoms with Gasteiger partial charge in [-0.2, -0.15) is 5.10 Å².